The molecule has 0 fully saturated rings. The van der Waals surface area contributed by atoms with Crippen LogP contribution in [0.25, 0.3) is 0 Å². The van der Waals surface area contributed by atoms with E-state index in [4.69, 9.17) is 4.74 Å². The van der Waals surface area contributed by atoms with Gasteiger partial charge < -0.3 is 4.74 Å². The summed E-state index contributed by atoms with van der Waals surface area (Å²) in [6, 6.07) is 0. The van der Waals surface area contributed by atoms with Crippen LogP contribution in [0.2, 0.25) is 0 Å². The Morgan fingerprint density at radius 2 is 2.33 bits per heavy atom. The van der Waals surface area contributed by atoms with E-state index in [0.717, 1.165) is 6.61 Å². The molecule has 0 aromatic heterocycles. The first-order chi connectivity index (χ1) is 2.77. The van der Waals surface area contributed by atoms with Crippen LogP contribution in [0.1, 0.15) is 13.8 Å². The fourth-order valence-electron chi connectivity index (χ4n) is 0.263. The highest BCUT2D eigenvalue weighted by Gasteiger charge is 1.83. The third-order valence-corrected chi connectivity index (χ3v) is 0.622. The normalized spacial score (nSPS) is 14.5. The van der Waals surface area contributed by atoms with Gasteiger partial charge in [0.25, 0.3) is 0 Å². The van der Waals surface area contributed by atoms with E-state index < -0.39 is 0 Å². The van der Waals surface area contributed by atoms with Crippen molar-refractivity contribution in [1.82, 2.24) is 0 Å². The summed E-state index contributed by atoms with van der Waals surface area (Å²) in [5.41, 5.74) is 0. The maximum Gasteiger partial charge on any atom is 0.0680 e. The quantitative estimate of drug-likeness (QED) is 0.481. The molecule has 0 N–H and O–H groups in total. The van der Waals surface area contributed by atoms with Gasteiger partial charge in [-0.05, 0) is 13.8 Å². The first-order valence-corrected chi connectivity index (χ1v) is 2.81. The molecular weight excluding hydrogens is 95.0 g/mol. The van der Waals surface area contributed by atoms with Crippen molar-refractivity contribution in [2.45, 2.75) is 19.7 Å². The van der Waals surface area contributed by atoms with Gasteiger partial charge in [-0.1, -0.05) is 0 Å². The van der Waals surface area contributed by atoms with Crippen molar-refractivity contribution in [3.8, 4) is 0 Å². The zero-order valence-electron chi connectivity index (χ0n) is 4.27. The molecule has 0 aromatic rings. The second kappa shape index (κ2) is 3.58. The molecule has 38 valence electrons. The Labute approximate surface area is 41.3 Å². The Kier molecular flexibility index (Phi) is 3.81. The average Bonchev–Trinajstić information content (AvgIpc) is 1.35. The maximum absolute atomic E-state index is 5.00. The summed E-state index contributed by atoms with van der Waals surface area (Å²) in [5.74, 6) is 0.315. The molecule has 0 heterocycles. The summed E-state index contributed by atoms with van der Waals surface area (Å²) in [4.78, 5) is 0. The van der Waals surface area contributed by atoms with Crippen molar-refractivity contribution in [1.29, 1.82) is 0 Å². The smallest absolute Gasteiger partial charge is 0.0680 e. The van der Waals surface area contributed by atoms with E-state index in [1.165, 1.54) is 0 Å². The predicted octanol–water partition coefficient (Wildman–Crippen LogP) is 1.24. The zero-order valence-corrected chi connectivity index (χ0v) is 5.42. The lowest BCUT2D eigenvalue weighted by Gasteiger charge is -2.00. The molecule has 0 rings (SSSR count). The predicted molar refractivity (Wildman–Crippen MR) is 30.8 cm³/mol. The molecule has 0 aliphatic heterocycles. The minimum Gasteiger partial charge on any atom is -0.375 e. The fourth-order valence-corrected chi connectivity index (χ4v) is 0.455. The van der Waals surface area contributed by atoms with E-state index in [1.54, 1.807) is 0 Å². The van der Waals surface area contributed by atoms with Crippen molar-refractivity contribution in [2.24, 2.45) is 0 Å². The van der Waals surface area contributed by atoms with Crippen molar-refractivity contribution >= 4 is 9.24 Å². The largest absolute Gasteiger partial charge is 0.375 e. The molecule has 0 aliphatic rings. The van der Waals surface area contributed by atoms with E-state index in [2.05, 4.69) is 9.24 Å². The molecule has 0 aromatic carbocycles. The highest BCUT2D eigenvalue weighted by atomic mass is 31.0. The fraction of sp³-hybridized carbons (Fsp3) is 1.00. The lowest BCUT2D eigenvalue weighted by molar-refractivity contribution is 0.136. The van der Waals surface area contributed by atoms with Gasteiger partial charge in [0.1, 0.15) is 0 Å². The number of hydrogen-bond acceptors (Lipinski definition) is 1. The summed E-state index contributed by atoms with van der Waals surface area (Å²) in [5, 5.41) is 0. The van der Waals surface area contributed by atoms with E-state index >= 15 is 0 Å². The molecule has 0 radical (unpaired) electrons. The first kappa shape index (κ1) is 6.39. The summed E-state index contributed by atoms with van der Waals surface area (Å²) in [6.45, 7) is 4.79. The van der Waals surface area contributed by atoms with Crippen LogP contribution in [0.15, 0.2) is 0 Å². The van der Waals surface area contributed by atoms with Gasteiger partial charge in [-0.15, -0.1) is 9.24 Å². The second-order valence-corrected chi connectivity index (χ2v) is 2.10. The van der Waals surface area contributed by atoms with Crippen LogP contribution >= 0.6 is 9.24 Å². The number of hydrogen-bond donors (Lipinski definition) is 0. The number of ether oxygens (including phenoxy) is 1. The van der Waals surface area contributed by atoms with Crippen molar-refractivity contribution < 1.29 is 4.74 Å². The number of rotatable bonds is 2. The minimum atomic E-state index is 0.315. The van der Waals surface area contributed by atoms with Crippen molar-refractivity contribution in [3.05, 3.63) is 0 Å². The van der Waals surface area contributed by atoms with Crippen LogP contribution in [0.5, 0.6) is 0 Å². The van der Waals surface area contributed by atoms with Crippen LogP contribution in [0, 0.1) is 0 Å². The molecule has 0 spiro atoms. The lowest BCUT2D eigenvalue weighted by atomic mass is 10.8. The standard InChI is InChI=1S/C4H11OP/c1-3-5-4(2)6/h4H,3,6H2,1-2H3. The first-order valence-electron chi connectivity index (χ1n) is 2.14. The van der Waals surface area contributed by atoms with E-state index in [0.29, 0.717) is 5.85 Å². The monoisotopic (exact) mass is 106 g/mol. The molecule has 2 heteroatoms. The highest BCUT2D eigenvalue weighted by Crippen LogP contribution is 1.96. The molecular formula is C4H11OP. The van der Waals surface area contributed by atoms with Crippen LogP contribution in [0.4, 0.5) is 0 Å². The van der Waals surface area contributed by atoms with Crippen molar-refractivity contribution in [2.75, 3.05) is 6.61 Å². The van der Waals surface area contributed by atoms with Gasteiger partial charge in [0.2, 0.25) is 0 Å². The minimum absolute atomic E-state index is 0.315. The molecule has 1 nitrogen and oxygen atoms in total. The Bertz CT molecular complexity index is 28.7. The van der Waals surface area contributed by atoms with Gasteiger partial charge in [-0.25, -0.2) is 0 Å². The van der Waals surface area contributed by atoms with Gasteiger partial charge in [0.15, 0.2) is 0 Å². The van der Waals surface area contributed by atoms with Crippen LogP contribution < -0.4 is 0 Å². The molecule has 0 aliphatic carbocycles. The molecule has 2 atom stereocenters. The Morgan fingerprint density at radius 1 is 1.83 bits per heavy atom. The van der Waals surface area contributed by atoms with Gasteiger partial charge in [-0.3, -0.25) is 0 Å². The highest BCUT2D eigenvalue weighted by molar-refractivity contribution is 7.17. The SMILES string of the molecule is CCOC(C)P. The zero-order chi connectivity index (χ0) is 4.99. The third kappa shape index (κ3) is 4.39. The third-order valence-electron chi connectivity index (χ3n) is 0.430. The van der Waals surface area contributed by atoms with Crippen LogP contribution in [-0.2, 0) is 4.74 Å². The van der Waals surface area contributed by atoms with E-state index in [-0.39, 0.29) is 0 Å². The topological polar surface area (TPSA) is 9.23 Å². The van der Waals surface area contributed by atoms with E-state index in [1.807, 2.05) is 13.8 Å². The van der Waals surface area contributed by atoms with Gasteiger partial charge in [0.05, 0.1) is 5.85 Å². The van der Waals surface area contributed by atoms with E-state index in [9.17, 15) is 0 Å². The molecule has 6 heavy (non-hydrogen) atoms. The molecule has 0 amide bonds. The molecule has 0 bridgehead atoms. The Morgan fingerprint density at radius 3 is 2.33 bits per heavy atom. The van der Waals surface area contributed by atoms with Gasteiger partial charge in [-0.2, -0.15) is 0 Å². The summed E-state index contributed by atoms with van der Waals surface area (Å²) in [7, 11) is 2.56. The molecule has 2 unspecified atom stereocenters. The second-order valence-electron chi connectivity index (χ2n) is 1.16. The lowest BCUT2D eigenvalue weighted by Crippen LogP contribution is -1.95. The molecule has 0 saturated carbocycles. The summed E-state index contributed by atoms with van der Waals surface area (Å²) >= 11 is 0. The van der Waals surface area contributed by atoms with Crippen LogP contribution in [0.3, 0.4) is 0 Å². The molecule has 0 saturated heterocycles. The Hall–Kier alpha value is 0.390. The van der Waals surface area contributed by atoms with Crippen LogP contribution in [-0.4, -0.2) is 12.5 Å². The summed E-state index contributed by atoms with van der Waals surface area (Å²) in [6.07, 6.45) is 0. The summed E-state index contributed by atoms with van der Waals surface area (Å²) < 4.78 is 5.00. The van der Waals surface area contributed by atoms with Gasteiger partial charge >= 0.3 is 0 Å². The maximum atomic E-state index is 5.00. The Balaban J connectivity index is 2.63. The van der Waals surface area contributed by atoms with Gasteiger partial charge in [0, 0.05) is 6.61 Å². The average molecular weight is 106 g/mol. The van der Waals surface area contributed by atoms with Crippen molar-refractivity contribution in [3.63, 3.8) is 0 Å².